The number of aliphatic imine (C=N–C) groups is 1. The summed E-state index contributed by atoms with van der Waals surface area (Å²) in [6.45, 7) is 2.82. The molecule has 186 valence electrons. The molecule has 5 nitrogen and oxygen atoms in total. The number of ether oxygens (including phenoxy) is 1. The standard InChI is InChI=1S/C24H21ClF5N3O2/c1-2-35-24(34)18-21(11-5-7-31-8-6-11)32-23(17-15(28)9-12(26)10-16(17)29)33-22(18)13-3-4-14(27)20(30)19(13)25/h3-4,9-11,22,31H,2,5-8H2,1H3,(H,32,33)/t22-/m0/s1. The maximum Gasteiger partial charge on any atom is 0.338 e. The van der Waals surface area contributed by atoms with Crippen LogP contribution in [0.1, 0.15) is 36.9 Å². The van der Waals surface area contributed by atoms with Crippen molar-refractivity contribution in [2.75, 3.05) is 19.7 Å². The lowest BCUT2D eigenvalue weighted by atomic mass is 9.85. The summed E-state index contributed by atoms with van der Waals surface area (Å²) >= 11 is 6.10. The third-order valence-corrected chi connectivity index (χ3v) is 6.31. The van der Waals surface area contributed by atoms with E-state index in [1.807, 2.05) is 0 Å². The fourth-order valence-corrected chi connectivity index (χ4v) is 4.56. The molecule has 0 radical (unpaired) electrons. The van der Waals surface area contributed by atoms with E-state index in [4.69, 9.17) is 16.3 Å². The number of rotatable bonds is 5. The zero-order chi connectivity index (χ0) is 25.3. The molecule has 1 atom stereocenters. The molecule has 2 aliphatic heterocycles. The van der Waals surface area contributed by atoms with E-state index in [1.165, 1.54) is 0 Å². The Kier molecular flexibility index (Phi) is 7.42. The predicted molar refractivity (Wildman–Crippen MR) is 119 cm³/mol. The number of nitrogens with zero attached hydrogens (tertiary/aromatic N) is 1. The first-order valence-electron chi connectivity index (χ1n) is 11.0. The third-order valence-electron chi connectivity index (χ3n) is 5.92. The first kappa shape index (κ1) is 25.1. The van der Waals surface area contributed by atoms with Crippen molar-refractivity contribution in [3.8, 4) is 0 Å². The molecule has 0 unspecified atom stereocenters. The van der Waals surface area contributed by atoms with Crippen molar-refractivity contribution in [1.29, 1.82) is 0 Å². The van der Waals surface area contributed by atoms with Crippen LogP contribution in [-0.2, 0) is 9.53 Å². The first-order chi connectivity index (χ1) is 16.7. The van der Waals surface area contributed by atoms with Crippen LogP contribution in [0.5, 0.6) is 0 Å². The van der Waals surface area contributed by atoms with E-state index in [0.717, 1.165) is 12.1 Å². The summed E-state index contributed by atoms with van der Waals surface area (Å²) in [5, 5.41) is 5.42. The molecular formula is C24H21ClF5N3O2. The molecule has 1 saturated heterocycles. The smallest absolute Gasteiger partial charge is 0.338 e. The number of hydrogen-bond acceptors (Lipinski definition) is 5. The van der Waals surface area contributed by atoms with Crippen LogP contribution >= 0.6 is 11.6 Å². The maximum atomic E-state index is 14.7. The topological polar surface area (TPSA) is 62.7 Å². The zero-order valence-electron chi connectivity index (χ0n) is 18.5. The Morgan fingerprint density at radius 3 is 2.37 bits per heavy atom. The highest BCUT2D eigenvalue weighted by molar-refractivity contribution is 6.31. The number of esters is 1. The monoisotopic (exact) mass is 513 g/mol. The molecule has 35 heavy (non-hydrogen) atoms. The lowest BCUT2D eigenvalue weighted by molar-refractivity contribution is -0.139. The molecule has 11 heteroatoms. The van der Waals surface area contributed by atoms with Gasteiger partial charge in [-0.1, -0.05) is 17.7 Å². The van der Waals surface area contributed by atoms with E-state index in [0.29, 0.717) is 38.1 Å². The first-order valence-corrected chi connectivity index (χ1v) is 11.4. The molecule has 0 amide bonds. The number of amidine groups is 1. The Balaban J connectivity index is 1.97. The minimum Gasteiger partial charge on any atom is -0.463 e. The van der Waals surface area contributed by atoms with Gasteiger partial charge in [-0.3, -0.25) is 4.99 Å². The lowest BCUT2D eigenvalue weighted by Gasteiger charge is -2.34. The molecule has 0 bridgehead atoms. The summed E-state index contributed by atoms with van der Waals surface area (Å²) in [5.41, 5.74) is -0.506. The number of allylic oxidation sites excluding steroid dienone is 1. The van der Waals surface area contributed by atoms with Crippen molar-refractivity contribution in [2.45, 2.75) is 25.8 Å². The van der Waals surface area contributed by atoms with Gasteiger partial charge in [0.25, 0.3) is 0 Å². The van der Waals surface area contributed by atoms with Gasteiger partial charge in [-0.2, -0.15) is 0 Å². The Morgan fingerprint density at radius 1 is 1.09 bits per heavy atom. The van der Waals surface area contributed by atoms with Crippen LogP contribution in [0.25, 0.3) is 0 Å². The minimum absolute atomic E-state index is 0.0118. The number of carbonyl (C=O) groups excluding carboxylic acids is 1. The SMILES string of the molecule is CCOC(=O)C1=C(C2CCNCC2)NC(c2c(F)cc(F)cc2F)=N[C@H]1c1ccc(F)c(F)c1Cl. The Hall–Kier alpha value is -2.98. The van der Waals surface area contributed by atoms with E-state index >= 15 is 0 Å². The predicted octanol–water partition coefficient (Wildman–Crippen LogP) is 4.94. The van der Waals surface area contributed by atoms with Gasteiger partial charge in [-0.25, -0.2) is 26.7 Å². The van der Waals surface area contributed by atoms with Crippen LogP contribution in [0, 0.1) is 35.0 Å². The van der Waals surface area contributed by atoms with Gasteiger partial charge >= 0.3 is 5.97 Å². The van der Waals surface area contributed by atoms with Gasteiger partial charge in [0.2, 0.25) is 0 Å². The molecule has 0 aromatic heterocycles. The Bertz CT molecular complexity index is 1200. The van der Waals surface area contributed by atoms with Crippen LogP contribution in [0.15, 0.2) is 40.5 Å². The summed E-state index contributed by atoms with van der Waals surface area (Å²) in [4.78, 5) is 17.4. The molecule has 1 fully saturated rings. The molecular weight excluding hydrogens is 493 g/mol. The second-order valence-corrected chi connectivity index (χ2v) is 8.46. The second kappa shape index (κ2) is 10.3. The van der Waals surface area contributed by atoms with Crippen LogP contribution in [0.4, 0.5) is 22.0 Å². The minimum atomic E-state index is -1.37. The molecule has 2 heterocycles. The average Bonchev–Trinajstić information content (AvgIpc) is 2.82. The van der Waals surface area contributed by atoms with Crippen LogP contribution in [0.2, 0.25) is 5.02 Å². The van der Waals surface area contributed by atoms with Crippen molar-refractivity contribution in [1.82, 2.24) is 10.6 Å². The van der Waals surface area contributed by atoms with E-state index in [2.05, 4.69) is 15.6 Å². The van der Waals surface area contributed by atoms with Gasteiger partial charge in [-0.05, 0) is 38.9 Å². The lowest BCUT2D eigenvalue weighted by Crippen LogP contribution is -2.40. The van der Waals surface area contributed by atoms with E-state index in [-0.39, 0.29) is 35.2 Å². The van der Waals surface area contributed by atoms with Crippen LogP contribution < -0.4 is 10.6 Å². The summed E-state index contributed by atoms with van der Waals surface area (Å²) in [6.07, 6.45) is 1.12. The Labute approximate surface area is 203 Å². The normalized spacial score (nSPS) is 18.8. The zero-order valence-corrected chi connectivity index (χ0v) is 19.3. The van der Waals surface area contributed by atoms with E-state index in [1.54, 1.807) is 6.92 Å². The molecule has 2 aliphatic rings. The van der Waals surface area contributed by atoms with E-state index < -0.39 is 51.7 Å². The number of carbonyl (C=O) groups is 1. The third kappa shape index (κ3) is 4.90. The molecule has 0 aliphatic carbocycles. The summed E-state index contributed by atoms with van der Waals surface area (Å²) in [6, 6.07) is 1.59. The number of piperidine rings is 1. The molecule has 2 aromatic rings. The quantitative estimate of drug-likeness (QED) is 0.338. The number of nitrogens with one attached hydrogen (secondary N) is 2. The highest BCUT2D eigenvalue weighted by Crippen LogP contribution is 2.40. The van der Waals surface area contributed by atoms with Crippen molar-refractivity contribution < 1.29 is 31.5 Å². The van der Waals surface area contributed by atoms with Crippen molar-refractivity contribution in [2.24, 2.45) is 10.9 Å². The molecule has 0 saturated carbocycles. The highest BCUT2D eigenvalue weighted by Gasteiger charge is 2.38. The second-order valence-electron chi connectivity index (χ2n) is 8.09. The fourth-order valence-electron chi connectivity index (χ4n) is 4.30. The van der Waals surface area contributed by atoms with Crippen molar-refractivity contribution in [3.63, 3.8) is 0 Å². The fraction of sp³-hybridized carbons (Fsp3) is 0.333. The number of benzene rings is 2. The van der Waals surface area contributed by atoms with Gasteiger partial charge < -0.3 is 15.4 Å². The van der Waals surface area contributed by atoms with E-state index in [9.17, 15) is 26.7 Å². The molecule has 2 N–H and O–H groups in total. The van der Waals surface area contributed by atoms with Crippen LogP contribution in [0.3, 0.4) is 0 Å². The van der Waals surface area contributed by atoms with Gasteiger partial charge in [-0.15, -0.1) is 0 Å². The number of hydrogen-bond donors (Lipinski definition) is 2. The van der Waals surface area contributed by atoms with Crippen molar-refractivity contribution in [3.05, 3.63) is 80.8 Å². The maximum absolute atomic E-state index is 14.7. The summed E-state index contributed by atoms with van der Waals surface area (Å²) < 4.78 is 76.4. The molecule has 0 spiro atoms. The largest absolute Gasteiger partial charge is 0.463 e. The molecule has 2 aromatic carbocycles. The summed E-state index contributed by atoms with van der Waals surface area (Å²) in [7, 11) is 0. The van der Waals surface area contributed by atoms with Gasteiger partial charge in [0.15, 0.2) is 11.6 Å². The van der Waals surface area contributed by atoms with Crippen LogP contribution in [-0.4, -0.2) is 31.5 Å². The average molecular weight is 514 g/mol. The van der Waals surface area contributed by atoms with Gasteiger partial charge in [0, 0.05) is 29.3 Å². The van der Waals surface area contributed by atoms with Gasteiger partial charge in [0.1, 0.15) is 29.3 Å². The van der Waals surface area contributed by atoms with Gasteiger partial charge in [0.05, 0.1) is 22.8 Å². The summed E-state index contributed by atoms with van der Waals surface area (Å²) in [5.74, 6) is -7.56. The highest BCUT2D eigenvalue weighted by atomic mass is 35.5. The molecule has 4 rings (SSSR count). The Morgan fingerprint density at radius 2 is 1.74 bits per heavy atom. The van der Waals surface area contributed by atoms with Crippen molar-refractivity contribution >= 4 is 23.4 Å². The number of halogens is 6.